The van der Waals surface area contributed by atoms with Crippen LogP contribution in [0.1, 0.15) is 28.0 Å². The number of rotatable bonds is 6. The average molecular weight is 398 g/mol. The van der Waals surface area contributed by atoms with Gasteiger partial charge in [0.15, 0.2) is 5.16 Å². The zero-order valence-corrected chi connectivity index (χ0v) is 16.7. The molecule has 5 nitrogen and oxygen atoms in total. The fraction of sp³-hybridized carbons (Fsp3) is 0.350. The van der Waals surface area contributed by atoms with Crippen molar-refractivity contribution >= 4 is 33.3 Å². The Morgan fingerprint density at radius 2 is 2.22 bits per heavy atom. The standard InChI is InChI=1S/C20H19N3O2S2/c1-25-10-9-23-19(24)17-15-7-4-8-16(15)27-18(17)22-20(23)26-12-14-6-3-2-5-13(14)11-21/h2-3,5-6H,4,7-10,12H2,1H3. The van der Waals surface area contributed by atoms with Crippen molar-refractivity contribution in [1.29, 1.82) is 5.26 Å². The number of aromatic nitrogens is 2. The summed E-state index contributed by atoms with van der Waals surface area (Å²) in [5.74, 6) is 0.597. The highest BCUT2D eigenvalue weighted by atomic mass is 32.2. The largest absolute Gasteiger partial charge is 0.383 e. The average Bonchev–Trinajstić information content (AvgIpc) is 3.26. The van der Waals surface area contributed by atoms with Gasteiger partial charge in [0, 0.05) is 17.7 Å². The van der Waals surface area contributed by atoms with Crippen LogP contribution in [0.2, 0.25) is 0 Å². The van der Waals surface area contributed by atoms with Crippen LogP contribution in [0.3, 0.4) is 0 Å². The molecule has 3 aromatic rings. The van der Waals surface area contributed by atoms with Crippen molar-refractivity contribution < 1.29 is 4.74 Å². The normalized spacial score (nSPS) is 13.0. The summed E-state index contributed by atoms with van der Waals surface area (Å²) in [6.45, 7) is 0.937. The highest BCUT2D eigenvalue weighted by molar-refractivity contribution is 7.98. The molecule has 2 aromatic heterocycles. The lowest BCUT2D eigenvalue weighted by Crippen LogP contribution is -2.25. The number of ether oxygens (including phenoxy) is 1. The molecule has 0 atom stereocenters. The number of thiophene rings is 1. The van der Waals surface area contributed by atoms with E-state index >= 15 is 0 Å². The van der Waals surface area contributed by atoms with Crippen LogP contribution in [0.5, 0.6) is 0 Å². The molecule has 0 unspecified atom stereocenters. The molecule has 7 heteroatoms. The summed E-state index contributed by atoms with van der Waals surface area (Å²) < 4.78 is 6.94. The SMILES string of the molecule is COCCn1c(SCc2ccccc2C#N)nc2sc3c(c2c1=O)CCC3. The van der Waals surface area contributed by atoms with Crippen molar-refractivity contribution in [2.75, 3.05) is 13.7 Å². The predicted octanol–water partition coefficient (Wildman–Crippen LogP) is 3.76. The molecule has 0 N–H and O–H groups in total. The van der Waals surface area contributed by atoms with Crippen LogP contribution in [0, 0.1) is 11.3 Å². The first-order valence-electron chi connectivity index (χ1n) is 8.87. The first-order chi connectivity index (χ1) is 13.2. The molecule has 138 valence electrons. The second-order valence-corrected chi connectivity index (χ2v) is 8.47. The zero-order valence-electron chi connectivity index (χ0n) is 15.0. The van der Waals surface area contributed by atoms with Crippen LogP contribution in [0.4, 0.5) is 0 Å². The van der Waals surface area contributed by atoms with Gasteiger partial charge < -0.3 is 4.74 Å². The summed E-state index contributed by atoms with van der Waals surface area (Å²) in [5.41, 5.74) is 2.84. The van der Waals surface area contributed by atoms with Crippen LogP contribution in [-0.2, 0) is 29.9 Å². The molecule has 4 rings (SSSR count). The van der Waals surface area contributed by atoms with Gasteiger partial charge in [0.2, 0.25) is 0 Å². The highest BCUT2D eigenvalue weighted by Crippen LogP contribution is 2.36. The predicted molar refractivity (Wildman–Crippen MR) is 108 cm³/mol. The van der Waals surface area contributed by atoms with Crippen LogP contribution >= 0.6 is 23.1 Å². The lowest BCUT2D eigenvalue weighted by Gasteiger charge is -2.12. The fourth-order valence-corrected chi connectivity index (χ4v) is 5.78. The first-order valence-corrected chi connectivity index (χ1v) is 10.7. The van der Waals surface area contributed by atoms with E-state index in [2.05, 4.69) is 6.07 Å². The van der Waals surface area contributed by atoms with E-state index in [0.29, 0.717) is 29.6 Å². The quantitative estimate of drug-likeness (QED) is 0.468. The third kappa shape index (κ3) is 3.41. The van der Waals surface area contributed by atoms with Gasteiger partial charge >= 0.3 is 0 Å². The maximum Gasteiger partial charge on any atom is 0.263 e. The van der Waals surface area contributed by atoms with Crippen molar-refractivity contribution in [3.8, 4) is 6.07 Å². The molecular weight excluding hydrogens is 378 g/mol. The Balaban J connectivity index is 1.74. The van der Waals surface area contributed by atoms with Gasteiger partial charge in [-0.25, -0.2) is 4.98 Å². The zero-order chi connectivity index (χ0) is 18.8. The minimum Gasteiger partial charge on any atom is -0.383 e. The minimum atomic E-state index is 0.0347. The first kappa shape index (κ1) is 18.2. The van der Waals surface area contributed by atoms with Crippen LogP contribution in [0.15, 0.2) is 34.2 Å². The van der Waals surface area contributed by atoms with Crippen LogP contribution < -0.4 is 5.56 Å². The van der Waals surface area contributed by atoms with Crippen molar-refractivity contribution in [2.45, 2.75) is 36.7 Å². The van der Waals surface area contributed by atoms with Gasteiger partial charge in [-0.05, 0) is 36.5 Å². The van der Waals surface area contributed by atoms with Gasteiger partial charge in [0.25, 0.3) is 5.56 Å². The summed E-state index contributed by atoms with van der Waals surface area (Å²) in [7, 11) is 1.63. The van der Waals surface area contributed by atoms with Crippen molar-refractivity contribution in [3.05, 3.63) is 56.2 Å². The number of fused-ring (bicyclic) bond motifs is 3. The van der Waals surface area contributed by atoms with E-state index in [9.17, 15) is 10.1 Å². The maximum absolute atomic E-state index is 13.2. The number of methoxy groups -OCH3 is 1. The molecule has 0 aliphatic heterocycles. The number of nitrogens with zero attached hydrogens (tertiary/aromatic N) is 3. The van der Waals surface area contributed by atoms with Crippen molar-refractivity contribution in [1.82, 2.24) is 9.55 Å². The number of benzene rings is 1. The number of hydrogen-bond donors (Lipinski definition) is 0. The molecule has 0 spiro atoms. The summed E-state index contributed by atoms with van der Waals surface area (Å²) in [4.78, 5) is 20.2. The maximum atomic E-state index is 13.2. The third-order valence-electron chi connectivity index (χ3n) is 4.80. The minimum absolute atomic E-state index is 0.0347. The van der Waals surface area contributed by atoms with E-state index in [4.69, 9.17) is 9.72 Å². The molecule has 1 aromatic carbocycles. The van der Waals surface area contributed by atoms with E-state index in [0.717, 1.165) is 35.0 Å². The van der Waals surface area contributed by atoms with Crippen LogP contribution in [-0.4, -0.2) is 23.3 Å². The third-order valence-corrected chi connectivity index (χ3v) is 7.01. The Labute approximate surface area is 165 Å². The van der Waals surface area contributed by atoms with Gasteiger partial charge in [0.05, 0.1) is 30.2 Å². The van der Waals surface area contributed by atoms with Crippen LogP contribution in [0.25, 0.3) is 10.2 Å². The second kappa shape index (κ2) is 7.85. The number of nitriles is 1. The van der Waals surface area contributed by atoms with Gasteiger partial charge in [-0.1, -0.05) is 30.0 Å². The molecule has 1 aliphatic carbocycles. The molecule has 0 amide bonds. The smallest absolute Gasteiger partial charge is 0.263 e. The van der Waals surface area contributed by atoms with E-state index in [1.807, 2.05) is 24.3 Å². The molecule has 0 fully saturated rings. The summed E-state index contributed by atoms with van der Waals surface area (Å²) in [5, 5.41) is 10.8. The molecule has 2 heterocycles. The summed E-state index contributed by atoms with van der Waals surface area (Å²) in [6.07, 6.45) is 3.14. The molecular formula is C20H19N3O2S2. The Morgan fingerprint density at radius 1 is 1.37 bits per heavy atom. The topological polar surface area (TPSA) is 67.9 Å². The fourth-order valence-electron chi connectivity index (χ4n) is 3.45. The molecule has 0 radical (unpaired) electrons. The Kier molecular flexibility index (Phi) is 5.30. The number of hydrogen-bond acceptors (Lipinski definition) is 6. The van der Waals surface area contributed by atoms with Crippen molar-refractivity contribution in [3.63, 3.8) is 0 Å². The van der Waals surface area contributed by atoms with E-state index in [1.54, 1.807) is 23.0 Å². The molecule has 0 bridgehead atoms. The highest BCUT2D eigenvalue weighted by Gasteiger charge is 2.23. The molecule has 0 saturated carbocycles. The van der Waals surface area contributed by atoms with E-state index in [1.165, 1.54) is 22.2 Å². The summed E-state index contributed by atoms with van der Waals surface area (Å²) in [6, 6.07) is 9.77. The van der Waals surface area contributed by atoms with E-state index < -0.39 is 0 Å². The van der Waals surface area contributed by atoms with Gasteiger partial charge in [-0.3, -0.25) is 9.36 Å². The molecule has 27 heavy (non-hydrogen) atoms. The van der Waals surface area contributed by atoms with E-state index in [-0.39, 0.29) is 5.56 Å². The Bertz CT molecular complexity index is 1100. The van der Waals surface area contributed by atoms with Crippen molar-refractivity contribution in [2.24, 2.45) is 0 Å². The lowest BCUT2D eigenvalue weighted by molar-refractivity contribution is 0.183. The number of aryl methyl sites for hydroxylation is 2. The monoisotopic (exact) mass is 397 g/mol. The second-order valence-electron chi connectivity index (χ2n) is 6.44. The number of thioether (sulfide) groups is 1. The molecule has 0 saturated heterocycles. The Hall–Kier alpha value is -2.14. The van der Waals surface area contributed by atoms with Gasteiger partial charge in [0.1, 0.15) is 4.83 Å². The van der Waals surface area contributed by atoms with Gasteiger partial charge in [-0.2, -0.15) is 5.26 Å². The molecule has 1 aliphatic rings. The summed E-state index contributed by atoms with van der Waals surface area (Å²) >= 11 is 3.16. The lowest BCUT2D eigenvalue weighted by atomic mass is 10.1. The Morgan fingerprint density at radius 3 is 3.04 bits per heavy atom. The van der Waals surface area contributed by atoms with Gasteiger partial charge in [-0.15, -0.1) is 11.3 Å².